The number of ether oxygens (including phenoxy) is 1. The molecule has 154 valence electrons. The Morgan fingerprint density at radius 1 is 1.10 bits per heavy atom. The molecule has 6 nitrogen and oxygen atoms in total. The molecule has 1 aliphatic rings. The quantitative estimate of drug-likeness (QED) is 0.415. The number of amides is 1. The van der Waals surface area contributed by atoms with Gasteiger partial charge >= 0.3 is 0 Å². The Hall–Kier alpha value is -3.45. The molecule has 0 aliphatic carbocycles. The van der Waals surface area contributed by atoms with Crippen molar-refractivity contribution in [1.29, 1.82) is 0 Å². The first-order valence-electron chi connectivity index (χ1n) is 9.64. The smallest absolute Gasteiger partial charge is 0.296 e. The molecule has 0 bridgehead atoms. The molecule has 7 heteroatoms. The maximum Gasteiger partial charge on any atom is 0.296 e. The van der Waals surface area contributed by atoms with Gasteiger partial charge in [-0.15, -0.1) is 0 Å². The zero-order chi connectivity index (χ0) is 21.7. The van der Waals surface area contributed by atoms with Gasteiger partial charge in [0.05, 0.1) is 24.1 Å². The minimum absolute atomic E-state index is 0.0379. The highest BCUT2D eigenvalue weighted by Crippen LogP contribution is 2.41. The second kappa shape index (κ2) is 7.35. The van der Waals surface area contributed by atoms with Crippen molar-refractivity contribution in [3.8, 4) is 5.75 Å². The predicted octanol–water partition coefficient (Wildman–Crippen LogP) is 5.02. The van der Waals surface area contributed by atoms with Gasteiger partial charge in [-0.05, 0) is 60.5 Å². The lowest BCUT2D eigenvalue weighted by Gasteiger charge is -2.24. The van der Waals surface area contributed by atoms with Crippen molar-refractivity contribution in [3.63, 3.8) is 0 Å². The average molecular weight is 477 g/mol. The first-order valence-corrected chi connectivity index (χ1v) is 10.4. The lowest BCUT2D eigenvalue weighted by atomic mass is 9.98. The molecular formula is C24H17BrN2O4. The molecule has 0 unspecified atom stereocenters. The third-order valence-corrected chi connectivity index (χ3v) is 5.88. The second-order valence-corrected chi connectivity index (χ2v) is 8.28. The highest BCUT2D eigenvalue weighted by atomic mass is 79.9. The van der Waals surface area contributed by atoms with Gasteiger partial charge in [-0.3, -0.25) is 14.5 Å². The Morgan fingerprint density at radius 2 is 1.94 bits per heavy atom. The Kier molecular flexibility index (Phi) is 4.63. The number of aromatic nitrogens is 1. The van der Waals surface area contributed by atoms with Gasteiger partial charge in [0.2, 0.25) is 5.76 Å². The number of rotatable bonds is 3. The summed E-state index contributed by atoms with van der Waals surface area (Å²) in [5.74, 6) is 0.719. The van der Waals surface area contributed by atoms with Crippen LogP contribution < -0.4 is 15.1 Å². The van der Waals surface area contributed by atoms with Gasteiger partial charge < -0.3 is 9.15 Å². The second-order valence-electron chi connectivity index (χ2n) is 7.36. The number of carbonyl (C=O) groups is 1. The van der Waals surface area contributed by atoms with E-state index in [4.69, 9.17) is 9.15 Å². The van der Waals surface area contributed by atoms with Crippen molar-refractivity contribution in [2.75, 3.05) is 12.0 Å². The summed E-state index contributed by atoms with van der Waals surface area (Å²) in [5.41, 5.74) is 2.10. The summed E-state index contributed by atoms with van der Waals surface area (Å²) < 4.78 is 12.1. The number of pyridine rings is 1. The van der Waals surface area contributed by atoms with Crippen molar-refractivity contribution in [2.24, 2.45) is 0 Å². The van der Waals surface area contributed by atoms with Gasteiger partial charge in [-0.25, -0.2) is 4.98 Å². The number of hydrogen-bond donors (Lipinski definition) is 0. The summed E-state index contributed by atoms with van der Waals surface area (Å²) in [7, 11) is 1.58. The van der Waals surface area contributed by atoms with Crippen LogP contribution in [-0.2, 0) is 0 Å². The van der Waals surface area contributed by atoms with Gasteiger partial charge in [-0.2, -0.15) is 0 Å². The van der Waals surface area contributed by atoms with E-state index in [0.717, 1.165) is 15.6 Å². The fourth-order valence-electron chi connectivity index (χ4n) is 3.96. The maximum atomic E-state index is 13.6. The van der Waals surface area contributed by atoms with E-state index in [1.54, 1.807) is 31.5 Å². The molecule has 5 rings (SSSR count). The molecule has 1 atom stereocenters. The van der Waals surface area contributed by atoms with Gasteiger partial charge in [-0.1, -0.05) is 28.1 Å². The highest BCUT2D eigenvalue weighted by molar-refractivity contribution is 9.10. The average Bonchev–Trinajstić information content (AvgIpc) is 3.07. The van der Waals surface area contributed by atoms with Crippen molar-refractivity contribution in [3.05, 3.63) is 97.9 Å². The van der Waals surface area contributed by atoms with Crippen LogP contribution in [0.5, 0.6) is 5.75 Å². The number of nitrogens with zero attached hydrogens (tertiary/aromatic N) is 2. The van der Waals surface area contributed by atoms with Crippen LogP contribution in [0.15, 0.2) is 74.5 Å². The SMILES string of the molecule is COc1cccc([C@@H]2c3c(oc4ccc(Br)cc4c3=O)C(=O)N2c2cc(C)ccn2)c1. The highest BCUT2D eigenvalue weighted by Gasteiger charge is 2.44. The topological polar surface area (TPSA) is 72.6 Å². The Balaban J connectivity index is 1.83. The molecule has 0 N–H and O–H groups in total. The van der Waals surface area contributed by atoms with Crippen LogP contribution in [0.1, 0.15) is 33.3 Å². The van der Waals surface area contributed by atoms with E-state index in [1.807, 2.05) is 43.3 Å². The van der Waals surface area contributed by atoms with E-state index >= 15 is 0 Å². The molecule has 2 aromatic carbocycles. The van der Waals surface area contributed by atoms with Crippen molar-refractivity contribution < 1.29 is 13.9 Å². The van der Waals surface area contributed by atoms with Gasteiger partial charge in [0.25, 0.3) is 5.91 Å². The van der Waals surface area contributed by atoms with Crippen LogP contribution in [0.4, 0.5) is 5.82 Å². The number of aryl methyl sites for hydroxylation is 1. The summed E-state index contributed by atoms with van der Waals surface area (Å²) in [6.07, 6.45) is 1.65. The minimum Gasteiger partial charge on any atom is -0.497 e. The van der Waals surface area contributed by atoms with Crippen molar-refractivity contribution >= 4 is 38.6 Å². The molecule has 4 aromatic rings. The summed E-state index contributed by atoms with van der Waals surface area (Å²) >= 11 is 3.41. The Labute approximate surface area is 186 Å². The van der Waals surface area contributed by atoms with Gasteiger partial charge in [0, 0.05) is 10.7 Å². The molecule has 0 saturated heterocycles. The number of anilines is 1. The van der Waals surface area contributed by atoms with Gasteiger partial charge in [0.1, 0.15) is 17.2 Å². The van der Waals surface area contributed by atoms with Crippen LogP contribution in [0.25, 0.3) is 11.0 Å². The van der Waals surface area contributed by atoms with Crippen LogP contribution in [-0.4, -0.2) is 18.0 Å². The van der Waals surface area contributed by atoms with Gasteiger partial charge in [0.15, 0.2) is 5.43 Å². The molecule has 1 amide bonds. The molecule has 31 heavy (non-hydrogen) atoms. The normalized spacial score (nSPS) is 15.4. The number of benzene rings is 2. The van der Waals surface area contributed by atoms with Crippen LogP contribution in [0, 0.1) is 6.92 Å². The molecule has 0 fully saturated rings. The summed E-state index contributed by atoms with van der Waals surface area (Å²) in [4.78, 5) is 33.0. The Morgan fingerprint density at radius 3 is 2.71 bits per heavy atom. The minimum atomic E-state index is -0.688. The largest absolute Gasteiger partial charge is 0.497 e. The van der Waals surface area contributed by atoms with E-state index in [-0.39, 0.29) is 11.2 Å². The van der Waals surface area contributed by atoms with E-state index < -0.39 is 11.9 Å². The van der Waals surface area contributed by atoms with Crippen molar-refractivity contribution in [2.45, 2.75) is 13.0 Å². The maximum absolute atomic E-state index is 13.6. The summed E-state index contributed by atoms with van der Waals surface area (Å²) in [6.45, 7) is 1.93. The number of carbonyl (C=O) groups excluding carboxylic acids is 1. The molecule has 0 spiro atoms. The predicted molar refractivity (Wildman–Crippen MR) is 121 cm³/mol. The first kappa shape index (κ1) is 19.5. The standard InChI is InChI=1S/C24H17BrN2O4/c1-13-8-9-26-19(10-13)27-21(14-4-3-5-16(11-14)30-2)20-22(28)17-12-15(25)6-7-18(17)31-23(20)24(27)29/h3-12,21H,1-2H3/t21-/m1/s1. The first-order chi connectivity index (χ1) is 15.0. The van der Waals surface area contributed by atoms with E-state index in [2.05, 4.69) is 20.9 Å². The zero-order valence-electron chi connectivity index (χ0n) is 16.8. The van der Waals surface area contributed by atoms with E-state index in [0.29, 0.717) is 28.1 Å². The molecule has 3 heterocycles. The Bertz CT molecular complexity index is 1410. The molecular weight excluding hydrogens is 460 g/mol. The van der Waals surface area contributed by atoms with Crippen LogP contribution in [0.2, 0.25) is 0 Å². The molecule has 2 aromatic heterocycles. The fraction of sp³-hybridized carbons (Fsp3) is 0.125. The third kappa shape index (κ3) is 3.13. The third-order valence-electron chi connectivity index (χ3n) is 5.39. The lowest BCUT2D eigenvalue weighted by Crippen LogP contribution is -2.30. The number of halogens is 1. The van der Waals surface area contributed by atoms with Crippen molar-refractivity contribution in [1.82, 2.24) is 4.98 Å². The summed E-state index contributed by atoms with van der Waals surface area (Å²) in [5, 5.41) is 0.410. The zero-order valence-corrected chi connectivity index (χ0v) is 18.3. The number of hydrogen-bond acceptors (Lipinski definition) is 5. The van der Waals surface area contributed by atoms with Crippen LogP contribution in [0.3, 0.4) is 0 Å². The fourth-order valence-corrected chi connectivity index (χ4v) is 4.32. The molecule has 0 radical (unpaired) electrons. The van der Waals surface area contributed by atoms with Crippen LogP contribution >= 0.6 is 15.9 Å². The van der Waals surface area contributed by atoms with E-state index in [1.165, 1.54) is 4.90 Å². The summed E-state index contributed by atoms with van der Waals surface area (Å²) in [6, 6.07) is 15.5. The number of methoxy groups -OCH3 is 1. The molecule has 0 saturated carbocycles. The number of fused-ring (bicyclic) bond motifs is 2. The lowest BCUT2D eigenvalue weighted by molar-refractivity contribution is 0.0970. The molecule has 1 aliphatic heterocycles. The monoisotopic (exact) mass is 476 g/mol. The van der Waals surface area contributed by atoms with E-state index in [9.17, 15) is 9.59 Å².